The summed E-state index contributed by atoms with van der Waals surface area (Å²) in [5, 5.41) is 14.7. The Morgan fingerprint density at radius 3 is 2.48 bits per heavy atom. The molecule has 0 spiro atoms. The van der Waals surface area contributed by atoms with Gasteiger partial charge in [0.25, 0.3) is 5.91 Å². The van der Waals surface area contributed by atoms with Crippen molar-refractivity contribution in [2.24, 2.45) is 16.5 Å². The van der Waals surface area contributed by atoms with Crippen LogP contribution in [0.25, 0.3) is 0 Å². The number of guanidine groups is 1. The molecule has 0 aliphatic carbocycles. The Labute approximate surface area is 180 Å². The highest BCUT2D eigenvalue weighted by Gasteiger charge is 2.28. The number of piperazine rings is 1. The van der Waals surface area contributed by atoms with E-state index >= 15 is 0 Å². The Morgan fingerprint density at radius 1 is 1.24 bits per heavy atom. The molecular formula is C17H26Cl2N6O4. The lowest BCUT2D eigenvalue weighted by Gasteiger charge is -2.32. The number of carboxylic acids is 1. The topological polar surface area (TPSA) is 163 Å². The highest BCUT2D eigenvalue weighted by molar-refractivity contribution is 5.94. The van der Waals surface area contributed by atoms with Gasteiger partial charge in [-0.3, -0.25) is 14.4 Å². The maximum Gasteiger partial charge on any atom is 0.323 e. The number of nitrogens with one attached hydrogen (secondary N) is 2. The SMILES string of the molecule is Cl.Cl.NC(N)=Nc1ccc(C(=O)NCCCC2NCCN(CC(=O)O)C2=O)cc1. The fourth-order valence-electron chi connectivity index (χ4n) is 2.78. The Hall–Kier alpha value is -2.56. The first-order valence-electron chi connectivity index (χ1n) is 8.58. The lowest BCUT2D eigenvalue weighted by atomic mass is 10.1. The lowest BCUT2D eigenvalue weighted by molar-refractivity contribution is -0.146. The van der Waals surface area contributed by atoms with Crippen LogP contribution in [-0.4, -0.2) is 66.0 Å². The number of halogens is 2. The Balaban J connectivity index is 0.00000392. The van der Waals surface area contributed by atoms with Gasteiger partial charge in [-0.15, -0.1) is 24.8 Å². The minimum atomic E-state index is -1.03. The van der Waals surface area contributed by atoms with Crippen LogP contribution in [0.5, 0.6) is 0 Å². The van der Waals surface area contributed by atoms with Crippen molar-refractivity contribution in [1.82, 2.24) is 15.5 Å². The molecule has 0 bridgehead atoms. The number of carboxylic acid groups (broad SMARTS) is 1. The molecule has 1 heterocycles. The maximum atomic E-state index is 12.2. The number of hydrogen-bond acceptors (Lipinski definition) is 5. The Kier molecular flexibility index (Phi) is 11.7. The summed E-state index contributed by atoms with van der Waals surface area (Å²) < 4.78 is 0. The van der Waals surface area contributed by atoms with E-state index in [1.807, 2.05) is 0 Å². The van der Waals surface area contributed by atoms with Crippen LogP contribution >= 0.6 is 24.8 Å². The summed E-state index contributed by atoms with van der Waals surface area (Å²) in [6.07, 6.45) is 1.10. The van der Waals surface area contributed by atoms with Gasteiger partial charge in [0.05, 0.1) is 11.7 Å². The minimum Gasteiger partial charge on any atom is -0.480 e. The van der Waals surface area contributed by atoms with Crippen molar-refractivity contribution in [3.63, 3.8) is 0 Å². The lowest BCUT2D eigenvalue weighted by Crippen LogP contribution is -2.56. The third-order valence-corrected chi connectivity index (χ3v) is 4.05. The second kappa shape index (κ2) is 12.8. The fourth-order valence-corrected chi connectivity index (χ4v) is 2.78. The molecule has 12 heteroatoms. The van der Waals surface area contributed by atoms with Crippen molar-refractivity contribution >= 4 is 54.2 Å². The number of carbonyl (C=O) groups excluding carboxylic acids is 2. The molecule has 0 aromatic heterocycles. The molecule has 1 atom stereocenters. The van der Waals surface area contributed by atoms with Gasteiger partial charge < -0.3 is 32.1 Å². The van der Waals surface area contributed by atoms with Gasteiger partial charge in [-0.25, -0.2) is 4.99 Å². The summed E-state index contributed by atoms with van der Waals surface area (Å²) in [6.45, 7) is 1.05. The predicted molar refractivity (Wildman–Crippen MR) is 114 cm³/mol. The number of nitrogens with zero attached hydrogens (tertiary/aromatic N) is 2. The molecule has 1 aromatic carbocycles. The van der Waals surface area contributed by atoms with Gasteiger partial charge in [0.1, 0.15) is 6.54 Å². The number of aliphatic imine (C=N–C) groups is 1. The molecule has 0 radical (unpaired) electrons. The highest BCUT2D eigenvalue weighted by atomic mass is 35.5. The third kappa shape index (κ3) is 8.55. The van der Waals surface area contributed by atoms with E-state index in [0.717, 1.165) is 0 Å². The molecular weight excluding hydrogens is 423 g/mol. The Morgan fingerprint density at radius 2 is 1.90 bits per heavy atom. The molecule has 2 rings (SSSR count). The standard InChI is InChI=1S/C17H24N6O4.2ClH/c18-17(19)22-12-5-3-11(4-6-12)15(26)21-7-1-2-13-16(27)23(9-8-20-13)10-14(24)25;;/h3-6,13,20H,1-2,7-10H2,(H,21,26)(H,24,25)(H4,18,19,22);2*1H. The summed E-state index contributed by atoms with van der Waals surface area (Å²) in [5.41, 5.74) is 11.6. The van der Waals surface area contributed by atoms with E-state index in [-0.39, 0.29) is 49.1 Å². The van der Waals surface area contributed by atoms with Crippen LogP contribution in [0.3, 0.4) is 0 Å². The van der Waals surface area contributed by atoms with Crippen molar-refractivity contribution in [1.29, 1.82) is 0 Å². The zero-order valence-electron chi connectivity index (χ0n) is 15.7. The number of nitrogens with two attached hydrogens (primary N) is 2. The molecule has 162 valence electrons. The van der Waals surface area contributed by atoms with Crippen LogP contribution in [0.2, 0.25) is 0 Å². The number of aliphatic carboxylic acids is 1. The fraction of sp³-hybridized carbons (Fsp3) is 0.412. The molecule has 1 aromatic rings. The van der Waals surface area contributed by atoms with Crippen LogP contribution in [0.1, 0.15) is 23.2 Å². The zero-order chi connectivity index (χ0) is 19.8. The summed E-state index contributed by atoms with van der Waals surface area (Å²) >= 11 is 0. The minimum absolute atomic E-state index is 0. The van der Waals surface area contributed by atoms with E-state index in [1.165, 1.54) is 4.90 Å². The molecule has 1 aliphatic rings. The van der Waals surface area contributed by atoms with E-state index in [1.54, 1.807) is 24.3 Å². The largest absolute Gasteiger partial charge is 0.480 e. The smallest absolute Gasteiger partial charge is 0.323 e. The molecule has 0 saturated carbocycles. The molecule has 1 aliphatic heterocycles. The summed E-state index contributed by atoms with van der Waals surface area (Å²) in [7, 11) is 0. The molecule has 29 heavy (non-hydrogen) atoms. The number of amides is 2. The monoisotopic (exact) mass is 448 g/mol. The van der Waals surface area contributed by atoms with Crippen LogP contribution in [0.15, 0.2) is 29.3 Å². The third-order valence-electron chi connectivity index (χ3n) is 4.05. The molecule has 1 unspecified atom stereocenters. The van der Waals surface area contributed by atoms with Crippen molar-refractivity contribution < 1.29 is 19.5 Å². The van der Waals surface area contributed by atoms with Gasteiger partial charge in [-0.1, -0.05) is 0 Å². The van der Waals surface area contributed by atoms with Crippen molar-refractivity contribution in [3.8, 4) is 0 Å². The first-order valence-corrected chi connectivity index (χ1v) is 8.58. The molecule has 10 nitrogen and oxygen atoms in total. The second-order valence-corrected chi connectivity index (χ2v) is 6.14. The first kappa shape index (κ1) is 26.4. The average Bonchev–Trinajstić information content (AvgIpc) is 2.61. The van der Waals surface area contributed by atoms with Crippen molar-refractivity contribution in [3.05, 3.63) is 29.8 Å². The van der Waals surface area contributed by atoms with Crippen LogP contribution in [-0.2, 0) is 9.59 Å². The number of carbonyl (C=O) groups is 3. The van der Waals surface area contributed by atoms with Crippen molar-refractivity contribution in [2.75, 3.05) is 26.2 Å². The molecule has 7 N–H and O–H groups in total. The van der Waals surface area contributed by atoms with Crippen LogP contribution in [0.4, 0.5) is 5.69 Å². The average molecular weight is 449 g/mol. The van der Waals surface area contributed by atoms with E-state index in [9.17, 15) is 14.4 Å². The van der Waals surface area contributed by atoms with Crippen LogP contribution < -0.4 is 22.1 Å². The van der Waals surface area contributed by atoms with Gasteiger partial charge in [0, 0.05) is 25.2 Å². The summed E-state index contributed by atoms with van der Waals surface area (Å²) in [6, 6.07) is 6.08. The Bertz CT molecular complexity index is 725. The second-order valence-electron chi connectivity index (χ2n) is 6.14. The number of benzene rings is 1. The van der Waals surface area contributed by atoms with Gasteiger partial charge in [0.15, 0.2) is 5.96 Å². The van der Waals surface area contributed by atoms with E-state index in [4.69, 9.17) is 16.6 Å². The van der Waals surface area contributed by atoms with E-state index < -0.39 is 12.0 Å². The number of rotatable bonds is 8. The van der Waals surface area contributed by atoms with Gasteiger partial charge in [-0.2, -0.15) is 0 Å². The van der Waals surface area contributed by atoms with Crippen LogP contribution in [0, 0.1) is 0 Å². The maximum absolute atomic E-state index is 12.2. The molecule has 2 amide bonds. The zero-order valence-corrected chi connectivity index (χ0v) is 17.3. The summed E-state index contributed by atoms with van der Waals surface area (Å²) in [4.78, 5) is 40.3. The van der Waals surface area contributed by atoms with Gasteiger partial charge in [0.2, 0.25) is 5.91 Å². The molecule has 1 fully saturated rings. The molecule has 1 saturated heterocycles. The predicted octanol–water partition coefficient (Wildman–Crippen LogP) is -0.170. The number of hydrogen-bond donors (Lipinski definition) is 5. The highest BCUT2D eigenvalue weighted by Crippen LogP contribution is 2.12. The summed E-state index contributed by atoms with van der Waals surface area (Å²) in [5.74, 6) is -1.53. The van der Waals surface area contributed by atoms with E-state index in [0.29, 0.717) is 43.7 Å². The van der Waals surface area contributed by atoms with Gasteiger partial charge >= 0.3 is 5.97 Å². The first-order chi connectivity index (χ1) is 12.9. The quantitative estimate of drug-likeness (QED) is 0.209. The van der Waals surface area contributed by atoms with Crippen molar-refractivity contribution in [2.45, 2.75) is 18.9 Å². The normalized spacial score (nSPS) is 15.5. The van der Waals surface area contributed by atoms with Gasteiger partial charge in [-0.05, 0) is 37.1 Å². The van der Waals surface area contributed by atoms with E-state index in [2.05, 4.69) is 15.6 Å².